The molecule has 3 heteroatoms. The molecule has 2 aliphatic heterocycles. The quantitative estimate of drug-likeness (QED) is 0.833. The molecule has 0 bridgehead atoms. The number of carbonyl (C=O) groups excluding carboxylic acids is 1. The zero-order valence-electron chi connectivity index (χ0n) is 12.0. The van der Waals surface area contributed by atoms with Crippen LogP contribution < -0.4 is 5.32 Å². The van der Waals surface area contributed by atoms with Gasteiger partial charge in [-0.2, -0.15) is 0 Å². The number of rotatable bonds is 4. The van der Waals surface area contributed by atoms with Crippen LogP contribution in [0.1, 0.15) is 52.4 Å². The predicted molar refractivity (Wildman–Crippen MR) is 74.4 cm³/mol. The van der Waals surface area contributed by atoms with Crippen LogP contribution in [0, 0.1) is 11.8 Å². The molecule has 0 spiro atoms. The fourth-order valence-electron chi connectivity index (χ4n) is 3.42. The lowest BCUT2D eigenvalue weighted by atomic mass is 9.89. The van der Waals surface area contributed by atoms with Crippen LogP contribution in [-0.4, -0.2) is 36.5 Å². The van der Waals surface area contributed by atoms with Crippen LogP contribution in [0.3, 0.4) is 0 Å². The molecule has 18 heavy (non-hydrogen) atoms. The molecule has 2 aliphatic rings. The van der Waals surface area contributed by atoms with Gasteiger partial charge in [-0.25, -0.2) is 0 Å². The number of hydrogen-bond donors (Lipinski definition) is 1. The van der Waals surface area contributed by atoms with Gasteiger partial charge in [0.15, 0.2) is 0 Å². The highest BCUT2D eigenvalue weighted by atomic mass is 16.2. The van der Waals surface area contributed by atoms with E-state index >= 15 is 0 Å². The highest BCUT2D eigenvalue weighted by Crippen LogP contribution is 2.24. The van der Waals surface area contributed by atoms with Gasteiger partial charge in [0.25, 0.3) is 0 Å². The molecule has 2 fully saturated rings. The SMILES string of the molecule is CC(C)CC1CCCN(C(=O)CC2CCCN2)C1. The highest BCUT2D eigenvalue weighted by molar-refractivity contribution is 5.77. The fraction of sp³-hybridized carbons (Fsp3) is 0.933. The van der Waals surface area contributed by atoms with Gasteiger partial charge >= 0.3 is 0 Å². The Balaban J connectivity index is 1.78. The van der Waals surface area contributed by atoms with E-state index in [0.717, 1.165) is 31.5 Å². The number of piperidine rings is 1. The summed E-state index contributed by atoms with van der Waals surface area (Å²) in [6.07, 6.45) is 6.90. The molecule has 0 aliphatic carbocycles. The van der Waals surface area contributed by atoms with Gasteiger partial charge in [0.05, 0.1) is 0 Å². The second kappa shape index (κ2) is 6.55. The molecule has 0 aromatic rings. The summed E-state index contributed by atoms with van der Waals surface area (Å²) in [4.78, 5) is 14.4. The Morgan fingerprint density at radius 1 is 1.33 bits per heavy atom. The molecule has 3 nitrogen and oxygen atoms in total. The Morgan fingerprint density at radius 2 is 2.17 bits per heavy atom. The Morgan fingerprint density at radius 3 is 2.83 bits per heavy atom. The molecule has 2 heterocycles. The van der Waals surface area contributed by atoms with Gasteiger partial charge in [-0.3, -0.25) is 4.79 Å². The first-order valence-corrected chi connectivity index (χ1v) is 7.66. The smallest absolute Gasteiger partial charge is 0.224 e. The van der Waals surface area contributed by atoms with Crippen molar-refractivity contribution in [2.75, 3.05) is 19.6 Å². The third kappa shape index (κ3) is 3.98. The maximum absolute atomic E-state index is 12.3. The first kappa shape index (κ1) is 13.9. The van der Waals surface area contributed by atoms with Crippen LogP contribution in [0.25, 0.3) is 0 Å². The van der Waals surface area contributed by atoms with E-state index < -0.39 is 0 Å². The number of amides is 1. The molecule has 1 amide bonds. The summed E-state index contributed by atoms with van der Waals surface area (Å²) in [5.41, 5.74) is 0. The van der Waals surface area contributed by atoms with Crippen molar-refractivity contribution in [2.45, 2.75) is 58.4 Å². The van der Waals surface area contributed by atoms with E-state index in [4.69, 9.17) is 0 Å². The standard InChI is InChI=1S/C15H28N2O/c1-12(2)9-13-5-4-8-17(11-13)15(18)10-14-6-3-7-16-14/h12-14,16H,3-11H2,1-2H3. The maximum Gasteiger partial charge on any atom is 0.224 e. The molecule has 2 unspecified atom stereocenters. The maximum atomic E-state index is 12.3. The molecule has 0 saturated carbocycles. The van der Waals surface area contributed by atoms with Gasteiger partial charge in [-0.1, -0.05) is 13.8 Å². The van der Waals surface area contributed by atoms with Crippen molar-refractivity contribution in [1.82, 2.24) is 10.2 Å². The molecule has 2 rings (SSSR count). The van der Waals surface area contributed by atoms with Gasteiger partial charge in [0.1, 0.15) is 0 Å². The highest BCUT2D eigenvalue weighted by Gasteiger charge is 2.26. The van der Waals surface area contributed by atoms with Crippen molar-refractivity contribution >= 4 is 5.91 Å². The summed E-state index contributed by atoms with van der Waals surface area (Å²) in [7, 11) is 0. The molecular weight excluding hydrogens is 224 g/mol. The first-order valence-electron chi connectivity index (χ1n) is 7.66. The number of hydrogen-bond acceptors (Lipinski definition) is 2. The van der Waals surface area contributed by atoms with Gasteiger partial charge in [0, 0.05) is 25.6 Å². The molecule has 0 aromatic heterocycles. The number of carbonyl (C=O) groups is 1. The summed E-state index contributed by atoms with van der Waals surface area (Å²) >= 11 is 0. The summed E-state index contributed by atoms with van der Waals surface area (Å²) in [5.74, 6) is 1.86. The van der Waals surface area contributed by atoms with E-state index in [0.29, 0.717) is 18.4 Å². The van der Waals surface area contributed by atoms with E-state index in [1.807, 2.05) is 0 Å². The minimum atomic E-state index is 0.378. The third-order valence-corrected chi connectivity index (χ3v) is 4.26. The van der Waals surface area contributed by atoms with Gasteiger partial charge < -0.3 is 10.2 Å². The van der Waals surface area contributed by atoms with Gasteiger partial charge in [-0.05, 0) is 50.5 Å². The van der Waals surface area contributed by atoms with E-state index in [9.17, 15) is 4.79 Å². The largest absolute Gasteiger partial charge is 0.342 e. The Labute approximate surface area is 111 Å². The minimum Gasteiger partial charge on any atom is -0.342 e. The van der Waals surface area contributed by atoms with Crippen molar-refractivity contribution in [2.24, 2.45) is 11.8 Å². The first-order chi connectivity index (χ1) is 8.65. The molecule has 2 atom stereocenters. The predicted octanol–water partition coefficient (Wildman–Crippen LogP) is 2.41. The van der Waals surface area contributed by atoms with Crippen LogP contribution in [0.15, 0.2) is 0 Å². The zero-order valence-corrected chi connectivity index (χ0v) is 12.0. The van der Waals surface area contributed by atoms with Crippen molar-refractivity contribution in [3.8, 4) is 0 Å². The Hall–Kier alpha value is -0.570. The second-order valence-electron chi connectivity index (χ2n) is 6.47. The van der Waals surface area contributed by atoms with Crippen molar-refractivity contribution in [3.63, 3.8) is 0 Å². The Bertz CT molecular complexity index is 272. The van der Waals surface area contributed by atoms with Crippen molar-refractivity contribution in [3.05, 3.63) is 0 Å². The summed E-state index contributed by atoms with van der Waals surface area (Å²) in [5, 5.41) is 3.42. The van der Waals surface area contributed by atoms with Crippen LogP contribution in [-0.2, 0) is 4.79 Å². The Kier molecular flexibility index (Phi) is 5.04. The van der Waals surface area contributed by atoms with E-state index in [-0.39, 0.29) is 0 Å². The zero-order chi connectivity index (χ0) is 13.0. The van der Waals surface area contributed by atoms with E-state index in [1.54, 1.807) is 0 Å². The van der Waals surface area contributed by atoms with Gasteiger partial charge in [-0.15, -0.1) is 0 Å². The van der Waals surface area contributed by atoms with E-state index in [2.05, 4.69) is 24.1 Å². The van der Waals surface area contributed by atoms with Crippen LogP contribution in [0.2, 0.25) is 0 Å². The third-order valence-electron chi connectivity index (χ3n) is 4.26. The second-order valence-corrected chi connectivity index (χ2v) is 6.47. The monoisotopic (exact) mass is 252 g/mol. The lowest BCUT2D eigenvalue weighted by molar-refractivity contribution is -0.133. The molecule has 1 N–H and O–H groups in total. The average Bonchev–Trinajstić information content (AvgIpc) is 2.81. The van der Waals surface area contributed by atoms with Crippen molar-refractivity contribution in [1.29, 1.82) is 0 Å². The fourth-order valence-corrected chi connectivity index (χ4v) is 3.42. The summed E-state index contributed by atoms with van der Waals surface area (Å²) in [6, 6.07) is 0.447. The van der Waals surface area contributed by atoms with Crippen LogP contribution >= 0.6 is 0 Å². The topological polar surface area (TPSA) is 32.3 Å². The molecule has 104 valence electrons. The van der Waals surface area contributed by atoms with Crippen molar-refractivity contribution < 1.29 is 4.79 Å². The summed E-state index contributed by atoms with van der Waals surface area (Å²) < 4.78 is 0. The van der Waals surface area contributed by atoms with Gasteiger partial charge in [0.2, 0.25) is 5.91 Å². The number of nitrogens with one attached hydrogen (secondary N) is 1. The van der Waals surface area contributed by atoms with Crippen LogP contribution in [0.4, 0.5) is 0 Å². The molecule has 0 aromatic carbocycles. The van der Waals surface area contributed by atoms with Crippen LogP contribution in [0.5, 0.6) is 0 Å². The summed E-state index contributed by atoms with van der Waals surface area (Å²) in [6.45, 7) is 7.64. The number of nitrogens with zero attached hydrogens (tertiary/aromatic N) is 1. The molecule has 0 radical (unpaired) electrons. The lowest BCUT2D eigenvalue weighted by Gasteiger charge is -2.34. The average molecular weight is 252 g/mol. The van der Waals surface area contributed by atoms with E-state index in [1.165, 1.54) is 32.1 Å². The number of likely N-dealkylation sites (tertiary alicyclic amines) is 1. The molecule has 2 saturated heterocycles. The molecular formula is C15H28N2O. The minimum absolute atomic E-state index is 0.378. The lowest BCUT2D eigenvalue weighted by Crippen LogP contribution is -2.42. The normalized spacial score (nSPS) is 28.9.